The van der Waals surface area contributed by atoms with Crippen LogP contribution in [0.15, 0.2) is 54.6 Å². The van der Waals surface area contributed by atoms with Gasteiger partial charge in [0, 0.05) is 6.04 Å². The molecule has 2 aromatic carbocycles. The van der Waals surface area contributed by atoms with Crippen LogP contribution in [-0.4, -0.2) is 25.1 Å². The molecule has 1 amide bonds. The quantitative estimate of drug-likeness (QED) is 0.758. The molecule has 0 radical (unpaired) electrons. The molecule has 0 spiro atoms. The average molecular weight is 363 g/mol. The van der Waals surface area contributed by atoms with Gasteiger partial charge in [-0.15, -0.1) is 12.4 Å². The number of benzene rings is 2. The second-order valence-electron chi connectivity index (χ2n) is 6.09. The summed E-state index contributed by atoms with van der Waals surface area (Å²) in [6.45, 7) is 2.01. The van der Waals surface area contributed by atoms with Crippen molar-refractivity contribution in [2.45, 2.75) is 38.3 Å². The molecule has 2 atom stereocenters. The predicted molar refractivity (Wildman–Crippen MR) is 104 cm³/mol. The number of nitrogens with one attached hydrogen (secondary N) is 1. The molecule has 0 aromatic heterocycles. The lowest BCUT2D eigenvalue weighted by molar-refractivity contribution is -0.123. The van der Waals surface area contributed by atoms with Crippen molar-refractivity contribution >= 4 is 18.3 Å². The maximum Gasteiger partial charge on any atom is 0.237 e. The van der Waals surface area contributed by atoms with E-state index in [1.54, 1.807) is 7.11 Å². The molecule has 0 bridgehead atoms. The van der Waals surface area contributed by atoms with E-state index >= 15 is 0 Å². The zero-order chi connectivity index (χ0) is 17.4. The number of carbonyl (C=O) groups excluding carboxylic acids is 1. The van der Waals surface area contributed by atoms with Crippen molar-refractivity contribution in [2.75, 3.05) is 7.11 Å². The molecule has 0 aliphatic carbocycles. The van der Waals surface area contributed by atoms with Gasteiger partial charge in [-0.2, -0.15) is 0 Å². The summed E-state index contributed by atoms with van der Waals surface area (Å²) in [5.74, 6) is 0.757. The van der Waals surface area contributed by atoms with Crippen molar-refractivity contribution in [3.63, 3.8) is 0 Å². The highest BCUT2D eigenvalue weighted by molar-refractivity contribution is 5.85. The summed E-state index contributed by atoms with van der Waals surface area (Å²) in [4.78, 5) is 12.2. The second-order valence-corrected chi connectivity index (χ2v) is 6.09. The van der Waals surface area contributed by atoms with Crippen molar-refractivity contribution in [2.24, 2.45) is 5.73 Å². The average Bonchev–Trinajstić information content (AvgIpc) is 2.61. The Morgan fingerprint density at radius 3 is 2.32 bits per heavy atom. The molecule has 136 valence electrons. The lowest BCUT2D eigenvalue weighted by Gasteiger charge is -2.18. The molecule has 25 heavy (non-hydrogen) atoms. The van der Waals surface area contributed by atoms with Crippen LogP contribution in [0.3, 0.4) is 0 Å². The largest absolute Gasteiger partial charge is 0.497 e. The van der Waals surface area contributed by atoms with Crippen molar-refractivity contribution in [1.29, 1.82) is 0 Å². The minimum absolute atomic E-state index is 0. The van der Waals surface area contributed by atoms with Crippen LogP contribution in [0.2, 0.25) is 0 Å². The van der Waals surface area contributed by atoms with Crippen LogP contribution in [0.25, 0.3) is 0 Å². The van der Waals surface area contributed by atoms with Gasteiger partial charge in [0.25, 0.3) is 0 Å². The van der Waals surface area contributed by atoms with Crippen LogP contribution in [0, 0.1) is 0 Å². The van der Waals surface area contributed by atoms with E-state index in [-0.39, 0.29) is 24.4 Å². The summed E-state index contributed by atoms with van der Waals surface area (Å²) in [6, 6.07) is 17.4. The number of rotatable bonds is 8. The number of carbonyl (C=O) groups is 1. The first-order valence-corrected chi connectivity index (χ1v) is 8.31. The molecular formula is C20H27ClN2O2. The van der Waals surface area contributed by atoms with Gasteiger partial charge < -0.3 is 15.8 Å². The standard InChI is InChI=1S/C20H26N2O2.ClH/c1-15(8-9-16-10-12-18(24-2)13-11-16)22-20(23)19(21)14-17-6-4-3-5-7-17;/h3-7,10-13,15,19H,8-9,14,21H2,1-2H3,(H,22,23);1H/t15?,19-;/m0./s1. The Hall–Kier alpha value is -2.04. The van der Waals surface area contributed by atoms with Crippen LogP contribution < -0.4 is 15.8 Å². The van der Waals surface area contributed by atoms with Gasteiger partial charge >= 0.3 is 0 Å². The molecule has 0 saturated carbocycles. The molecular weight excluding hydrogens is 336 g/mol. The van der Waals surface area contributed by atoms with Gasteiger partial charge in [-0.05, 0) is 49.4 Å². The van der Waals surface area contributed by atoms with Crippen LogP contribution in [0.1, 0.15) is 24.5 Å². The van der Waals surface area contributed by atoms with Gasteiger partial charge in [-0.25, -0.2) is 0 Å². The first-order chi connectivity index (χ1) is 11.6. The monoisotopic (exact) mass is 362 g/mol. The van der Waals surface area contributed by atoms with E-state index in [0.29, 0.717) is 6.42 Å². The zero-order valence-electron chi connectivity index (χ0n) is 14.8. The third kappa shape index (κ3) is 7.16. The van der Waals surface area contributed by atoms with Gasteiger partial charge in [-0.3, -0.25) is 4.79 Å². The molecule has 5 heteroatoms. The Morgan fingerprint density at radius 2 is 1.72 bits per heavy atom. The van der Waals surface area contributed by atoms with E-state index in [1.807, 2.05) is 49.4 Å². The molecule has 2 rings (SSSR count). The Balaban J connectivity index is 0.00000312. The first kappa shape index (κ1) is 21.0. The summed E-state index contributed by atoms with van der Waals surface area (Å²) in [6.07, 6.45) is 2.33. The van der Waals surface area contributed by atoms with Crippen molar-refractivity contribution in [3.05, 3.63) is 65.7 Å². The molecule has 1 unspecified atom stereocenters. The Morgan fingerprint density at radius 1 is 1.08 bits per heavy atom. The summed E-state index contributed by atoms with van der Waals surface area (Å²) in [7, 11) is 1.66. The SMILES string of the molecule is COc1ccc(CCC(C)NC(=O)[C@@H](N)Cc2ccccc2)cc1.Cl. The maximum atomic E-state index is 12.2. The normalized spacial score (nSPS) is 12.6. The Kier molecular flexibility index (Phi) is 9.03. The highest BCUT2D eigenvalue weighted by Gasteiger charge is 2.16. The zero-order valence-corrected chi connectivity index (χ0v) is 15.6. The minimum Gasteiger partial charge on any atom is -0.497 e. The Labute approximate surface area is 156 Å². The van der Waals surface area contributed by atoms with Gasteiger partial charge in [-0.1, -0.05) is 42.5 Å². The number of nitrogens with two attached hydrogens (primary N) is 1. The Bertz CT molecular complexity index is 632. The summed E-state index contributed by atoms with van der Waals surface area (Å²) in [5, 5.41) is 3.00. The van der Waals surface area contributed by atoms with Gasteiger partial charge in [0.1, 0.15) is 5.75 Å². The molecule has 0 heterocycles. The first-order valence-electron chi connectivity index (χ1n) is 8.31. The number of amides is 1. The van der Waals surface area contributed by atoms with Crippen LogP contribution in [-0.2, 0) is 17.6 Å². The van der Waals surface area contributed by atoms with E-state index in [4.69, 9.17) is 10.5 Å². The van der Waals surface area contributed by atoms with E-state index in [0.717, 1.165) is 24.2 Å². The number of aryl methyl sites for hydroxylation is 1. The van der Waals surface area contributed by atoms with Crippen LogP contribution in [0.4, 0.5) is 0 Å². The van der Waals surface area contributed by atoms with Gasteiger partial charge in [0.05, 0.1) is 13.2 Å². The van der Waals surface area contributed by atoms with Gasteiger partial charge in [0.2, 0.25) is 5.91 Å². The minimum atomic E-state index is -0.518. The fourth-order valence-electron chi connectivity index (χ4n) is 2.56. The summed E-state index contributed by atoms with van der Waals surface area (Å²) < 4.78 is 5.15. The lowest BCUT2D eigenvalue weighted by atomic mass is 10.0. The molecule has 0 fully saturated rings. The van der Waals surface area contributed by atoms with Crippen LogP contribution >= 0.6 is 12.4 Å². The molecule has 0 saturated heterocycles. The summed E-state index contributed by atoms with van der Waals surface area (Å²) >= 11 is 0. The van der Waals surface area contributed by atoms with E-state index in [1.165, 1.54) is 5.56 Å². The highest BCUT2D eigenvalue weighted by Crippen LogP contribution is 2.13. The van der Waals surface area contributed by atoms with Crippen molar-refractivity contribution in [1.82, 2.24) is 5.32 Å². The smallest absolute Gasteiger partial charge is 0.237 e. The fourth-order valence-corrected chi connectivity index (χ4v) is 2.56. The van der Waals surface area contributed by atoms with E-state index < -0.39 is 6.04 Å². The van der Waals surface area contributed by atoms with Crippen LogP contribution in [0.5, 0.6) is 5.75 Å². The highest BCUT2D eigenvalue weighted by atomic mass is 35.5. The maximum absolute atomic E-state index is 12.2. The number of hydrogen-bond donors (Lipinski definition) is 2. The molecule has 2 aromatic rings. The lowest BCUT2D eigenvalue weighted by Crippen LogP contribution is -2.45. The van der Waals surface area contributed by atoms with E-state index in [2.05, 4.69) is 17.4 Å². The second kappa shape index (κ2) is 10.7. The van der Waals surface area contributed by atoms with Crippen molar-refractivity contribution < 1.29 is 9.53 Å². The fraction of sp³-hybridized carbons (Fsp3) is 0.350. The number of halogens is 1. The molecule has 0 aliphatic heterocycles. The predicted octanol–water partition coefficient (Wildman–Crippen LogP) is 3.12. The molecule has 3 N–H and O–H groups in total. The summed E-state index contributed by atoms with van der Waals surface area (Å²) in [5.41, 5.74) is 8.31. The van der Waals surface area contributed by atoms with Gasteiger partial charge in [0.15, 0.2) is 0 Å². The molecule has 4 nitrogen and oxygen atoms in total. The number of hydrogen-bond acceptors (Lipinski definition) is 3. The molecule has 0 aliphatic rings. The topological polar surface area (TPSA) is 64.3 Å². The number of methoxy groups -OCH3 is 1. The third-order valence-corrected chi connectivity index (χ3v) is 4.05. The van der Waals surface area contributed by atoms with E-state index in [9.17, 15) is 4.79 Å². The third-order valence-electron chi connectivity index (χ3n) is 4.05. The number of ether oxygens (including phenoxy) is 1. The van der Waals surface area contributed by atoms with Crippen molar-refractivity contribution in [3.8, 4) is 5.75 Å².